The van der Waals surface area contributed by atoms with Gasteiger partial charge >= 0.3 is 6.18 Å². The van der Waals surface area contributed by atoms with E-state index in [9.17, 15) is 13.2 Å². The number of rotatable bonds is 5. The highest BCUT2D eigenvalue weighted by Gasteiger charge is 2.39. The van der Waals surface area contributed by atoms with Gasteiger partial charge < -0.3 is 4.57 Å². The fourth-order valence-corrected chi connectivity index (χ4v) is 2.71. The summed E-state index contributed by atoms with van der Waals surface area (Å²) < 4.78 is 39.3. The van der Waals surface area contributed by atoms with Gasteiger partial charge in [0.2, 0.25) is 5.82 Å². The molecule has 0 fully saturated rings. The lowest BCUT2D eigenvalue weighted by atomic mass is 10.0. The van der Waals surface area contributed by atoms with Gasteiger partial charge in [-0.3, -0.25) is 4.90 Å². The van der Waals surface area contributed by atoms with Crippen molar-refractivity contribution in [2.75, 3.05) is 19.0 Å². The van der Waals surface area contributed by atoms with Crippen molar-refractivity contribution in [1.82, 2.24) is 19.7 Å². The molecule has 0 amide bonds. The van der Waals surface area contributed by atoms with E-state index in [-0.39, 0.29) is 0 Å². The number of halogens is 4. The smallest absolute Gasteiger partial charge is 0.305 e. The summed E-state index contributed by atoms with van der Waals surface area (Å²) in [5.74, 6) is 0.680. The second-order valence-corrected chi connectivity index (χ2v) is 5.61. The zero-order valence-corrected chi connectivity index (χ0v) is 12.1. The maximum atomic E-state index is 12.7. The van der Waals surface area contributed by atoms with Crippen molar-refractivity contribution in [2.45, 2.75) is 39.0 Å². The molecule has 20 heavy (non-hydrogen) atoms. The van der Waals surface area contributed by atoms with Crippen LogP contribution in [-0.2, 0) is 19.3 Å². The van der Waals surface area contributed by atoms with E-state index >= 15 is 0 Å². The first-order valence-electron chi connectivity index (χ1n) is 6.69. The van der Waals surface area contributed by atoms with Gasteiger partial charge in [-0.05, 0) is 25.3 Å². The predicted octanol–water partition coefficient (Wildman–Crippen LogP) is 2.77. The molecule has 0 aliphatic carbocycles. The molecule has 0 aromatic carbocycles. The highest BCUT2D eigenvalue weighted by Crippen LogP contribution is 2.29. The first kappa shape index (κ1) is 15.6. The first-order valence-corrected chi connectivity index (χ1v) is 7.23. The molecule has 0 saturated heterocycles. The van der Waals surface area contributed by atoms with E-state index < -0.39 is 12.0 Å². The maximum Gasteiger partial charge on any atom is 0.451 e. The zero-order chi connectivity index (χ0) is 14.8. The lowest BCUT2D eigenvalue weighted by Gasteiger charge is -2.28. The molecule has 1 aliphatic heterocycles. The summed E-state index contributed by atoms with van der Waals surface area (Å²) in [6.07, 6.45) is -2.47. The number of aromatic nitrogens is 3. The van der Waals surface area contributed by atoms with Crippen LogP contribution in [0.2, 0.25) is 0 Å². The molecule has 0 spiro atoms. The van der Waals surface area contributed by atoms with Crippen molar-refractivity contribution in [3.8, 4) is 0 Å². The van der Waals surface area contributed by atoms with Crippen LogP contribution in [0.4, 0.5) is 13.2 Å². The summed E-state index contributed by atoms with van der Waals surface area (Å²) in [5, 5.41) is 6.94. The topological polar surface area (TPSA) is 34.0 Å². The second-order valence-electron chi connectivity index (χ2n) is 5.24. The molecule has 8 heteroatoms. The summed E-state index contributed by atoms with van der Waals surface area (Å²) in [5.41, 5.74) is 0. The largest absolute Gasteiger partial charge is 0.451 e. The average Bonchev–Trinajstić information content (AvgIpc) is 2.79. The van der Waals surface area contributed by atoms with Crippen LogP contribution in [0.3, 0.4) is 0 Å². The molecule has 4 nitrogen and oxygen atoms in total. The third-order valence-electron chi connectivity index (χ3n) is 3.63. The number of alkyl halides is 4. The van der Waals surface area contributed by atoms with Gasteiger partial charge in [0.05, 0.1) is 6.54 Å². The molecular formula is C12H18ClF3N4. The molecule has 1 aliphatic rings. The van der Waals surface area contributed by atoms with E-state index in [1.54, 1.807) is 0 Å². The van der Waals surface area contributed by atoms with Crippen LogP contribution in [0.1, 0.15) is 31.4 Å². The van der Waals surface area contributed by atoms with Crippen molar-refractivity contribution < 1.29 is 13.2 Å². The standard InChI is InChI=1S/C12H18ClF3N4/c1-9(2-4-13)3-5-19-6-7-20-10(8-19)17-18-11(20)12(14,15)16/h9H,2-8H2,1H3. The van der Waals surface area contributed by atoms with E-state index in [4.69, 9.17) is 11.6 Å². The molecule has 0 radical (unpaired) electrons. The SMILES string of the molecule is CC(CCCl)CCN1CCn2c(nnc2C(F)(F)F)C1. The van der Waals surface area contributed by atoms with Crippen LogP contribution in [0.25, 0.3) is 0 Å². The van der Waals surface area contributed by atoms with Crippen molar-refractivity contribution in [3.05, 3.63) is 11.6 Å². The van der Waals surface area contributed by atoms with Crippen LogP contribution in [-0.4, -0.2) is 38.6 Å². The molecule has 0 bridgehead atoms. The summed E-state index contributed by atoms with van der Waals surface area (Å²) in [7, 11) is 0. The van der Waals surface area contributed by atoms with Gasteiger partial charge in [0, 0.05) is 19.0 Å². The number of nitrogens with zero attached hydrogens (tertiary/aromatic N) is 4. The molecule has 1 atom stereocenters. The molecule has 1 aromatic rings. The van der Waals surface area contributed by atoms with E-state index in [0.29, 0.717) is 37.3 Å². The van der Waals surface area contributed by atoms with E-state index in [2.05, 4.69) is 22.0 Å². The summed E-state index contributed by atoms with van der Waals surface area (Å²) in [4.78, 5) is 2.12. The number of fused-ring (bicyclic) bond motifs is 1. The first-order chi connectivity index (χ1) is 9.41. The lowest BCUT2D eigenvalue weighted by molar-refractivity contribution is -0.148. The minimum absolute atomic E-state index is 0.293. The van der Waals surface area contributed by atoms with Gasteiger partial charge in [-0.15, -0.1) is 21.8 Å². The lowest BCUT2D eigenvalue weighted by Crippen LogP contribution is -2.36. The third-order valence-corrected chi connectivity index (χ3v) is 3.84. The second kappa shape index (κ2) is 6.30. The van der Waals surface area contributed by atoms with E-state index in [1.807, 2.05) is 0 Å². The van der Waals surface area contributed by atoms with Crippen LogP contribution in [0, 0.1) is 5.92 Å². The zero-order valence-electron chi connectivity index (χ0n) is 11.3. The summed E-state index contributed by atoms with van der Waals surface area (Å²) >= 11 is 5.69. The Hall–Kier alpha value is -0.820. The molecular weight excluding hydrogens is 293 g/mol. The Labute approximate surface area is 120 Å². The van der Waals surface area contributed by atoms with Crippen molar-refractivity contribution in [2.24, 2.45) is 5.92 Å². The Morgan fingerprint density at radius 2 is 2.00 bits per heavy atom. The van der Waals surface area contributed by atoms with Crippen LogP contribution in [0.5, 0.6) is 0 Å². The molecule has 0 saturated carbocycles. The van der Waals surface area contributed by atoms with Gasteiger partial charge in [-0.25, -0.2) is 0 Å². The molecule has 1 unspecified atom stereocenters. The minimum Gasteiger partial charge on any atom is -0.305 e. The Balaban J connectivity index is 1.94. The van der Waals surface area contributed by atoms with Crippen molar-refractivity contribution in [3.63, 3.8) is 0 Å². The highest BCUT2D eigenvalue weighted by atomic mass is 35.5. The number of hydrogen-bond donors (Lipinski definition) is 0. The van der Waals surface area contributed by atoms with Gasteiger partial charge in [0.25, 0.3) is 0 Å². The van der Waals surface area contributed by atoms with Gasteiger partial charge in [-0.1, -0.05) is 6.92 Å². The fraction of sp³-hybridized carbons (Fsp3) is 0.833. The Bertz CT molecular complexity index is 446. The van der Waals surface area contributed by atoms with Crippen LogP contribution in [0.15, 0.2) is 0 Å². The Kier molecular flexibility index (Phi) is 4.90. The highest BCUT2D eigenvalue weighted by molar-refractivity contribution is 6.17. The minimum atomic E-state index is -4.43. The normalized spacial score (nSPS) is 18.1. The molecule has 1 aromatic heterocycles. The van der Waals surface area contributed by atoms with Crippen LogP contribution >= 0.6 is 11.6 Å². The molecule has 0 N–H and O–H groups in total. The monoisotopic (exact) mass is 310 g/mol. The maximum absolute atomic E-state index is 12.7. The van der Waals surface area contributed by atoms with Gasteiger partial charge in [0.1, 0.15) is 5.82 Å². The van der Waals surface area contributed by atoms with E-state index in [0.717, 1.165) is 19.4 Å². The van der Waals surface area contributed by atoms with Crippen LogP contribution < -0.4 is 0 Å². The summed E-state index contributed by atoms with van der Waals surface area (Å²) in [6, 6.07) is 0. The summed E-state index contributed by atoms with van der Waals surface area (Å²) in [6.45, 7) is 4.31. The molecule has 2 rings (SSSR count). The van der Waals surface area contributed by atoms with Crippen molar-refractivity contribution >= 4 is 11.6 Å². The van der Waals surface area contributed by atoms with Gasteiger partial charge in [0.15, 0.2) is 0 Å². The molecule has 2 heterocycles. The predicted molar refractivity (Wildman–Crippen MR) is 69.4 cm³/mol. The third kappa shape index (κ3) is 3.63. The van der Waals surface area contributed by atoms with Crippen molar-refractivity contribution in [1.29, 1.82) is 0 Å². The Morgan fingerprint density at radius 1 is 1.25 bits per heavy atom. The Morgan fingerprint density at radius 3 is 2.65 bits per heavy atom. The number of hydrogen-bond acceptors (Lipinski definition) is 3. The van der Waals surface area contributed by atoms with E-state index in [1.165, 1.54) is 4.57 Å². The quantitative estimate of drug-likeness (QED) is 0.784. The molecule has 114 valence electrons. The average molecular weight is 311 g/mol. The fourth-order valence-electron chi connectivity index (χ4n) is 2.34. The van der Waals surface area contributed by atoms with Gasteiger partial charge in [-0.2, -0.15) is 13.2 Å².